The van der Waals surface area contributed by atoms with Crippen molar-refractivity contribution < 1.29 is 4.39 Å². The molecule has 1 nitrogen and oxygen atoms in total. The first-order chi connectivity index (χ1) is 8.52. The van der Waals surface area contributed by atoms with Crippen LogP contribution in [0.3, 0.4) is 0 Å². The van der Waals surface area contributed by atoms with Crippen LogP contribution in [0.25, 0.3) is 0 Å². The molecule has 0 saturated heterocycles. The second kappa shape index (κ2) is 6.01. The van der Waals surface area contributed by atoms with Gasteiger partial charge in [-0.15, -0.1) is 11.3 Å². The number of rotatable bonds is 3. The van der Waals surface area contributed by atoms with Gasteiger partial charge in [-0.3, -0.25) is 0 Å². The summed E-state index contributed by atoms with van der Waals surface area (Å²) in [6.07, 6.45) is 0. The lowest BCUT2D eigenvalue weighted by Gasteiger charge is -2.16. The summed E-state index contributed by atoms with van der Waals surface area (Å²) in [5.74, 6) is -0.258. The Labute approximate surface area is 131 Å². The lowest BCUT2D eigenvalue weighted by molar-refractivity contribution is 0.622. The van der Waals surface area contributed by atoms with Gasteiger partial charge in [-0.25, -0.2) is 4.39 Å². The molecule has 0 spiro atoms. The van der Waals surface area contributed by atoms with Crippen molar-refractivity contribution in [2.24, 2.45) is 0 Å². The largest absolute Gasteiger partial charge is 0.309 e. The molecule has 0 radical (unpaired) electrons. The predicted molar refractivity (Wildman–Crippen MR) is 82.0 cm³/mol. The SMILES string of the molecule is CNC(c1cc(Br)c(Cl)s1)c1ccc(F)cc1Br. The summed E-state index contributed by atoms with van der Waals surface area (Å²) in [5.41, 5.74) is 0.976. The molecule has 1 N–H and O–H groups in total. The molecular weight excluding hydrogens is 404 g/mol. The molecule has 0 saturated carbocycles. The van der Waals surface area contributed by atoms with Gasteiger partial charge in [0.2, 0.25) is 0 Å². The van der Waals surface area contributed by atoms with Crippen molar-refractivity contribution in [3.63, 3.8) is 0 Å². The number of hydrogen-bond acceptors (Lipinski definition) is 2. The summed E-state index contributed by atoms with van der Waals surface area (Å²) in [7, 11) is 1.86. The zero-order chi connectivity index (χ0) is 13.3. The average Bonchev–Trinajstić information content (AvgIpc) is 2.63. The third kappa shape index (κ3) is 2.96. The second-order valence-corrected chi connectivity index (χ2v) is 7.05. The van der Waals surface area contributed by atoms with E-state index in [0.717, 1.165) is 19.4 Å². The second-order valence-electron chi connectivity index (χ2n) is 3.66. The molecule has 0 amide bonds. The van der Waals surface area contributed by atoms with E-state index >= 15 is 0 Å². The van der Waals surface area contributed by atoms with E-state index in [2.05, 4.69) is 37.2 Å². The van der Waals surface area contributed by atoms with Gasteiger partial charge >= 0.3 is 0 Å². The number of thiophene rings is 1. The van der Waals surface area contributed by atoms with Gasteiger partial charge in [0, 0.05) is 13.8 Å². The topological polar surface area (TPSA) is 12.0 Å². The standard InChI is InChI=1S/C12H9Br2ClFNS/c1-17-11(10-5-9(14)12(15)18-10)7-3-2-6(16)4-8(7)13/h2-5,11,17H,1H3. The number of hydrogen-bond donors (Lipinski definition) is 1. The minimum absolute atomic E-state index is 0.0197. The van der Waals surface area contributed by atoms with Crippen molar-refractivity contribution in [2.45, 2.75) is 6.04 Å². The molecule has 0 fully saturated rings. The first-order valence-corrected chi connectivity index (χ1v) is 7.88. The number of benzene rings is 1. The van der Waals surface area contributed by atoms with Crippen molar-refractivity contribution in [3.05, 3.63) is 53.8 Å². The molecule has 1 aromatic carbocycles. The highest BCUT2D eigenvalue weighted by molar-refractivity contribution is 9.10. The molecule has 6 heteroatoms. The highest BCUT2D eigenvalue weighted by Crippen LogP contribution is 2.38. The minimum atomic E-state index is -0.258. The van der Waals surface area contributed by atoms with Gasteiger partial charge in [0.15, 0.2) is 0 Å². The Morgan fingerprint density at radius 2 is 2.00 bits per heavy atom. The molecule has 18 heavy (non-hydrogen) atoms. The molecule has 96 valence electrons. The van der Waals surface area contributed by atoms with E-state index in [1.807, 2.05) is 13.1 Å². The Hall–Kier alpha value is 0.0600. The van der Waals surface area contributed by atoms with Gasteiger partial charge in [-0.1, -0.05) is 33.6 Å². The lowest BCUT2D eigenvalue weighted by atomic mass is 10.1. The maximum Gasteiger partial charge on any atom is 0.124 e. The summed E-state index contributed by atoms with van der Waals surface area (Å²) < 4.78 is 15.4. The smallest absolute Gasteiger partial charge is 0.124 e. The Morgan fingerprint density at radius 1 is 1.28 bits per heavy atom. The maximum atomic E-state index is 13.1. The van der Waals surface area contributed by atoms with Gasteiger partial charge in [-0.2, -0.15) is 0 Å². The summed E-state index contributed by atoms with van der Waals surface area (Å²) in [4.78, 5) is 1.07. The van der Waals surface area contributed by atoms with E-state index < -0.39 is 0 Å². The zero-order valence-corrected chi connectivity index (χ0v) is 14.1. The van der Waals surface area contributed by atoms with E-state index in [1.165, 1.54) is 23.5 Å². The van der Waals surface area contributed by atoms with Crippen LogP contribution in [0.15, 0.2) is 33.2 Å². The fourth-order valence-corrected chi connectivity index (χ4v) is 4.14. The van der Waals surface area contributed by atoms with E-state index in [4.69, 9.17) is 11.6 Å². The average molecular weight is 414 g/mol. The molecule has 0 bridgehead atoms. The van der Waals surface area contributed by atoms with E-state index in [1.54, 1.807) is 6.07 Å². The first kappa shape index (κ1) is 14.5. The molecule has 1 heterocycles. The number of halogens is 4. The quantitative estimate of drug-likeness (QED) is 0.713. The van der Waals surface area contributed by atoms with Crippen LogP contribution in [-0.4, -0.2) is 7.05 Å². The van der Waals surface area contributed by atoms with Gasteiger partial charge in [0.1, 0.15) is 10.2 Å². The Bertz CT molecular complexity index is 554. The molecule has 0 aliphatic rings. The Morgan fingerprint density at radius 3 is 2.50 bits per heavy atom. The predicted octanol–water partition coefficient (Wildman–Crippen LogP) is 5.37. The molecule has 0 aliphatic heterocycles. The van der Waals surface area contributed by atoms with Crippen molar-refractivity contribution in [2.75, 3.05) is 7.05 Å². The van der Waals surface area contributed by atoms with Crippen LogP contribution in [0.4, 0.5) is 4.39 Å². The van der Waals surface area contributed by atoms with Crippen LogP contribution in [0, 0.1) is 5.82 Å². The normalized spacial score (nSPS) is 12.7. The third-order valence-corrected chi connectivity index (χ3v) is 5.74. The van der Waals surface area contributed by atoms with Crippen LogP contribution in [0.1, 0.15) is 16.5 Å². The lowest BCUT2D eigenvalue weighted by Crippen LogP contribution is -2.17. The van der Waals surface area contributed by atoms with Crippen molar-refractivity contribution in [1.82, 2.24) is 5.32 Å². The van der Waals surface area contributed by atoms with Crippen LogP contribution in [0.2, 0.25) is 4.34 Å². The minimum Gasteiger partial charge on any atom is -0.309 e. The molecule has 1 atom stereocenters. The Kier molecular flexibility index (Phi) is 4.83. The summed E-state index contributed by atoms with van der Waals surface area (Å²) in [6.45, 7) is 0. The summed E-state index contributed by atoms with van der Waals surface area (Å²) in [6, 6.07) is 6.64. The van der Waals surface area contributed by atoms with E-state index in [-0.39, 0.29) is 11.9 Å². The van der Waals surface area contributed by atoms with Gasteiger partial charge in [-0.05, 0) is 46.7 Å². The van der Waals surface area contributed by atoms with Crippen molar-refractivity contribution in [1.29, 1.82) is 0 Å². The molecule has 2 rings (SSSR count). The van der Waals surface area contributed by atoms with Crippen molar-refractivity contribution in [3.8, 4) is 0 Å². The van der Waals surface area contributed by atoms with Crippen LogP contribution >= 0.6 is 54.8 Å². The summed E-state index contributed by atoms with van der Waals surface area (Å²) >= 11 is 14.3. The highest BCUT2D eigenvalue weighted by atomic mass is 79.9. The fraction of sp³-hybridized carbons (Fsp3) is 0.167. The molecule has 1 aromatic heterocycles. The molecular formula is C12H9Br2ClFNS. The Balaban J connectivity index is 2.45. The van der Waals surface area contributed by atoms with Gasteiger partial charge in [0.05, 0.1) is 6.04 Å². The first-order valence-electron chi connectivity index (χ1n) is 5.10. The number of nitrogens with one attached hydrogen (secondary N) is 1. The van der Waals surface area contributed by atoms with Crippen LogP contribution in [-0.2, 0) is 0 Å². The monoisotopic (exact) mass is 411 g/mol. The molecule has 2 aromatic rings. The highest BCUT2D eigenvalue weighted by Gasteiger charge is 2.18. The summed E-state index contributed by atoms with van der Waals surface area (Å²) in [5, 5.41) is 3.21. The van der Waals surface area contributed by atoms with Gasteiger partial charge in [0.25, 0.3) is 0 Å². The molecule has 1 unspecified atom stereocenters. The van der Waals surface area contributed by atoms with Crippen LogP contribution in [0.5, 0.6) is 0 Å². The third-order valence-electron chi connectivity index (χ3n) is 2.51. The van der Waals surface area contributed by atoms with E-state index in [0.29, 0.717) is 4.34 Å². The molecule has 0 aliphatic carbocycles. The zero-order valence-electron chi connectivity index (χ0n) is 9.31. The fourth-order valence-electron chi connectivity index (χ4n) is 1.69. The van der Waals surface area contributed by atoms with Crippen LogP contribution < -0.4 is 5.32 Å². The van der Waals surface area contributed by atoms with E-state index in [9.17, 15) is 4.39 Å². The van der Waals surface area contributed by atoms with Crippen molar-refractivity contribution >= 4 is 54.8 Å². The van der Waals surface area contributed by atoms with Gasteiger partial charge < -0.3 is 5.32 Å². The maximum absolute atomic E-state index is 13.1.